The first-order valence-corrected chi connectivity index (χ1v) is 10.3. The van der Waals surface area contributed by atoms with Crippen LogP contribution in [0, 0.1) is 0 Å². The number of hydrogen-bond acceptors (Lipinski definition) is 6. The van der Waals surface area contributed by atoms with Crippen LogP contribution in [0.1, 0.15) is 23.0 Å². The molecule has 11 heteroatoms. The van der Waals surface area contributed by atoms with Crippen molar-refractivity contribution in [1.82, 2.24) is 10.3 Å². The van der Waals surface area contributed by atoms with Gasteiger partial charge >= 0.3 is 6.18 Å². The van der Waals surface area contributed by atoms with Crippen molar-refractivity contribution in [2.45, 2.75) is 13.1 Å². The first-order chi connectivity index (χ1) is 13.5. The number of halogens is 3. The number of methoxy groups -OCH3 is 1. The van der Waals surface area contributed by atoms with E-state index in [0.29, 0.717) is 0 Å². The van der Waals surface area contributed by atoms with E-state index in [0.717, 1.165) is 12.1 Å². The van der Waals surface area contributed by atoms with E-state index in [1.807, 2.05) is 0 Å². The Bertz CT molecular complexity index is 978. The number of aromatic nitrogens is 1. The number of amides is 1. The van der Waals surface area contributed by atoms with Crippen LogP contribution in [-0.4, -0.2) is 44.5 Å². The Morgan fingerprint density at radius 2 is 1.90 bits per heavy atom. The SMILES string of the molecule is CCS(=O)(=O)CCNC(=O)c1cc(OC)cc(Oc2cccc(C(F)(F)F)c2)n1. The summed E-state index contributed by atoms with van der Waals surface area (Å²) in [5, 5.41) is 2.42. The van der Waals surface area contributed by atoms with Gasteiger partial charge in [0.05, 0.1) is 18.4 Å². The van der Waals surface area contributed by atoms with E-state index in [1.165, 1.54) is 38.3 Å². The van der Waals surface area contributed by atoms with Gasteiger partial charge in [0.25, 0.3) is 5.91 Å². The average molecular weight is 432 g/mol. The highest BCUT2D eigenvalue weighted by Gasteiger charge is 2.30. The van der Waals surface area contributed by atoms with E-state index in [1.54, 1.807) is 0 Å². The van der Waals surface area contributed by atoms with Crippen molar-refractivity contribution in [2.24, 2.45) is 0 Å². The summed E-state index contributed by atoms with van der Waals surface area (Å²) in [6, 6.07) is 6.79. The summed E-state index contributed by atoms with van der Waals surface area (Å²) in [7, 11) is -1.92. The smallest absolute Gasteiger partial charge is 0.416 e. The minimum atomic E-state index is -4.54. The Hall–Kier alpha value is -2.82. The fourth-order valence-electron chi connectivity index (χ4n) is 2.18. The summed E-state index contributed by atoms with van der Waals surface area (Å²) in [4.78, 5) is 16.2. The van der Waals surface area contributed by atoms with Gasteiger partial charge < -0.3 is 14.8 Å². The van der Waals surface area contributed by atoms with Crippen LogP contribution in [0.25, 0.3) is 0 Å². The molecule has 0 spiro atoms. The van der Waals surface area contributed by atoms with Gasteiger partial charge in [-0.05, 0) is 18.2 Å². The number of carbonyl (C=O) groups is 1. The van der Waals surface area contributed by atoms with Crippen molar-refractivity contribution in [2.75, 3.05) is 25.2 Å². The van der Waals surface area contributed by atoms with Crippen molar-refractivity contribution in [3.8, 4) is 17.4 Å². The largest absolute Gasteiger partial charge is 0.496 e. The Kier molecular flexibility index (Phi) is 7.07. The molecule has 158 valence electrons. The van der Waals surface area contributed by atoms with Gasteiger partial charge in [-0.3, -0.25) is 4.79 Å². The Labute approximate surface area is 165 Å². The minimum Gasteiger partial charge on any atom is -0.496 e. The number of ether oxygens (including phenoxy) is 2. The predicted molar refractivity (Wildman–Crippen MR) is 99.0 cm³/mol. The lowest BCUT2D eigenvalue weighted by Crippen LogP contribution is -2.30. The van der Waals surface area contributed by atoms with Crippen LogP contribution >= 0.6 is 0 Å². The van der Waals surface area contributed by atoms with Gasteiger partial charge in [-0.25, -0.2) is 13.4 Å². The molecular formula is C18H19F3N2O5S. The van der Waals surface area contributed by atoms with E-state index in [4.69, 9.17) is 9.47 Å². The number of pyridine rings is 1. The highest BCUT2D eigenvalue weighted by Crippen LogP contribution is 2.33. The third kappa shape index (κ3) is 6.63. The zero-order valence-electron chi connectivity index (χ0n) is 15.6. The van der Waals surface area contributed by atoms with E-state index in [-0.39, 0.29) is 41.1 Å². The molecule has 1 heterocycles. The number of carbonyl (C=O) groups excluding carboxylic acids is 1. The molecular weight excluding hydrogens is 413 g/mol. The van der Waals surface area contributed by atoms with Crippen molar-refractivity contribution < 1.29 is 35.9 Å². The van der Waals surface area contributed by atoms with E-state index >= 15 is 0 Å². The lowest BCUT2D eigenvalue weighted by Gasteiger charge is -2.11. The van der Waals surface area contributed by atoms with Crippen LogP contribution in [0.3, 0.4) is 0 Å². The molecule has 0 atom stereocenters. The first kappa shape index (κ1) is 22.5. The highest BCUT2D eigenvalue weighted by molar-refractivity contribution is 7.91. The molecule has 1 aromatic carbocycles. The average Bonchev–Trinajstić information content (AvgIpc) is 2.67. The molecule has 1 N–H and O–H groups in total. The summed E-state index contributed by atoms with van der Waals surface area (Å²) in [5.41, 5.74) is -1.03. The molecule has 0 aliphatic rings. The number of rotatable bonds is 8. The molecule has 0 aliphatic carbocycles. The van der Waals surface area contributed by atoms with Gasteiger partial charge in [0, 0.05) is 24.4 Å². The zero-order chi connectivity index (χ0) is 21.7. The van der Waals surface area contributed by atoms with Crippen molar-refractivity contribution in [3.05, 3.63) is 47.7 Å². The maximum absolute atomic E-state index is 12.8. The van der Waals surface area contributed by atoms with Crippen LogP contribution in [0.15, 0.2) is 36.4 Å². The van der Waals surface area contributed by atoms with Crippen molar-refractivity contribution >= 4 is 15.7 Å². The summed E-state index contributed by atoms with van der Waals surface area (Å²) in [6.07, 6.45) is -4.54. The minimum absolute atomic E-state index is 0.0464. The second-order valence-corrected chi connectivity index (χ2v) is 8.32. The molecule has 2 rings (SSSR count). The predicted octanol–water partition coefficient (Wildman–Crippen LogP) is 3.07. The number of benzene rings is 1. The lowest BCUT2D eigenvalue weighted by atomic mass is 10.2. The first-order valence-electron chi connectivity index (χ1n) is 8.44. The normalized spacial score (nSPS) is 11.8. The van der Waals surface area contributed by atoms with E-state index < -0.39 is 27.5 Å². The molecule has 7 nitrogen and oxygen atoms in total. The molecule has 0 bridgehead atoms. The molecule has 0 saturated carbocycles. The summed E-state index contributed by atoms with van der Waals surface area (Å²) in [6.45, 7) is 1.38. The van der Waals surface area contributed by atoms with Crippen LogP contribution in [0.2, 0.25) is 0 Å². The quantitative estimate of drug-likeness (QED) is 0.689. The van der Waals surface area contributed by atoms with Crippen molar-refractivity contribution in [1.29, 1.82) is 0 Å². The van der Waals surface area contributed by atoms with E-state index in [9.17, 15) is 26.4 Å². The fraction of sp³-hybridized carbons (Fsp3) is 0.333. The molecule has 0 aliphatic heterocycles. The van der Waals surface area contributed by atoms with Crippen molar-refractivity contribution in [3.63, 3.8) is 0 Å². The van der Waals surface area contributed by atoms with Crippen LogP contribution in [0.5, 0.6) is 17.4 Å². The third-order valence-electron chi connectivity index (χ3n) is 3.77. The maximum Gasteiger partial charge on any atom is 0.416 e. The van der Waals surface area contributed by atoms with Gasteiger partial charge in [-0.2, -0.15) is 13.2 Å². The molecule has 0 unspecified atom stereocenters. The zero-order valence-corrected chi connectivity index (χ0v) is 16.4. The third-order valence-corrected chi connectivity index (χ3v) is 5.47. The molecule has 2 aromatic rings. The molecule has 29 heavy (non-hydrogen) atoms. The second kappa shape index (κ2) is 9.12. The second-order valence-electron chi connectivity index (χ2n) is 5.85. The molecule has 1 amide bonds. The van der Waals surface area contributed by atoms with Crippen LogP contribution in [-0.2, 0) is 16.0 Å². The molecule has 0 fully saturated rings. The topological polar surface area (TPSA) is 94.6 Å². The summed E-state index contributed by atoms with van der Waals surface area (Å²) < 4.78 is 71.9. The Morgan fingerprint density at radius 1 is 1.17 bits per heavy atom. The Balaban J connectivity index is 2.19. The highest BCUT2D eigenvalue weighted by atomic mass is 32.2. The lowest BCUT2D eigenvalue weighted by molar-refractivity contribution is -0.137. The van der Waals surface area contributed by atoms with Gasteiger partial charge in [0.15, 0.2) is 9.84 Å². The number of nitrogens with zero attached hydrogens (tertiary/aromatic N) is 1. The number of sulfone groups is 1. The maximum atomic E-state index is 12.8. The van der Waals surface area contributed by atoms with E-state index in [2.05, 4.69) is 10.3 Å². The summed E-state index contributed by atoms with van der Waals surface area (Å²) in [5.74, 6) is -1.05. The number of nitrogens with one attached hydrogen (secondary N) is 1. The van der Waals surface area contributed by atoms with Gasteiger partial charge in [0.2, 0.25) is 5.88 Å². The molecule has 0 radical (unpaired) electrons. The standard InChI is InChI=1S/C18H19F3N2O5S/c1-3-29(25,26)8-7-22-17(24)15-10-14(27-2)11-16(23-15)28-13-6-4-5-12(9-13)18(19,20)21/h4-6,9-11H,3,7-8H2,1-2H3,(H,22,24). The van der Waals surface area contributed by atoms with Gasteiger partial charge in [-0.15, -0.1) is 0 Å². The van der Waals surface area contributed by atoms with Gasteiger partial charge in [0.1, 0.15) is 17.2 Å². The van der Waals surface area contributed by atoms with Crippen LogP contribution < -0.4 is 14.8 Å². The number of alkyl halides is 3. The fourth-order valence-corrected chi connectivity index (χ4v) is 2.88. The summed E-state index contributed by atoms with van der Waals surface area (Å²) >= 11 is 0. The monoisotopic (exact) mass is 432 g/mol. The van der Waals surface area contributed by atoms with Gasteiger partial charge in [-0.1, -0.05) is 13.0 Å². The van der Waals surface area contributed by atoms with Crippen LogP contribution in [0.4, 0.5) is 13.2 Å². The number of hydrogen-bond donors (Lipinski definition) is 1. The Morgan fingerprint density at radius 3 is 2.52 bits per heavy atom. The molecule has 1 aromatic heterocycles. The molecule has 0 saturated heterocycles.